The van der Waals surface area contributed by atoms with Gasteiger partial charge < -0.3 is 5.32 Å². The van der Waals surface area contributed by atoms with Gasteiger partial charge in [0.1, 0.15) is 6.54 Å². The number of hydrogen-bond donors (Lipinski definition) is 1. The highest BCUT2D eigenvalue weighted by Gasteiger charge is 2.40. The van der Waals surface area contributed by atoms with E-state index in [0.29, 0.717) is 22.2 Å². The zero-order chi connectivity index (χ0) is 20.0. The minimum atomic E-state index is -4.73. The minimum absolute atomic E-state index is 0.00798. The number of nitrogens with one attached hydrogen (secondary N) is 1. The molecule has 27 heavy (non-hydrogen) atoms. The summed E-state index contributed by atoms with van der Waals surface area (Å²) in [4.78, 5) is 12.4. The third kappa shape index (κ3) is 4.51. The molecule has 1 amide bonds. The van der Waals surface area contributed by atoms with E-state index in [1.165, 1.54) is 0 Å². The quantitative estimate of drug-likeness (QED) is 0.787. The molecule has 2 aliphatic carbocycles. The molecule has 0 aromatic heterocycles. The van der Waals surface area contributed by atoms with E-state index in [1.54, 1.807) is 0 Å². The van der Waals surface area contributed by atoms with Crippen LogP contribution >= 0.6 is 11.6 Å². The lowest BCUT2D eigenvalue weighted by atomic mass is 9.95. The van der Waals surface area contributed by atoms with Gasteiger partial charge in [0.2, 0.25) is 15.9 Å². The molecule has 0 aliphatic heterocycles. The molecule has 0 saturated heterocycles. The van der Waals surface area contributed by atoms with Crippen molar-refractivity contribution in [3.8, 4) is 0 Å². The summed E-state index contributed by atoms with van der Waals surface area (Å²) < 4.78 is 64.1. The van der Waals surface area contributed by atoms with Crippen LogP contribution in [0.2, 0.25) is 5.02 Å². The van der Waals surface area contributed by atoms with E-state index in [2.05, 4.69) is 5.32 Å². The largest absolute Gasteiger partial charge is 0.417 e. The van der Waals surface area contributed by atoms with E-state index in [-0.39, 0.29) is 11.7 Å². The topological polar surface area (TPSA) is 66.5 Å². The first-order valence-corrected chi connectivity index (χ1v) is 10.8. The summed E-state index contributed by atoms with van der Waals surface area (Å²) >= 11 is 5.59. The van der Waals surface area contributed by atoms with E-state index in [4.69, 9.17) is 11.6 Å². The number of hydrogen-bond acceptors (Lipinski definition) is 3. The van der Waals surface area contributed by atoms with Gasteiger partial charge in [-0.15, -0.1) is 0 Å². The van der Waals surface area contributed by atoms with Crippen molar-refractivity contribution < 1.29 is 26.4 Å². The molecule has 2 saturated carbocycles. The predicted molar refractivity (Wildman–Crippen MR) is 96.0 cm³/mol. The Kier molecular flexibility index (Phi) is 5.37. The fraction of sp³-hybridized carbons (Fsp3) is 0.588. The van der Waals surface area contributed by atoms with Crippen molar-refractivity contribution in [3.63, 3.8) is 0 Å². The van der Waals surface area contributed by atoms with Crippen LogP contribution in [0.5, 0.6) is 0 Å². The summed E-state index contributed by atoms with van der Waals surface area (Å²) in [6.07, 6.45) is 0.234. The number of sulfonamides is 1. The van der Waals surface area contributed by atoms with E-state index in [9.17, 15) is 26.4 Å². The highest BCUT2D eigenvalue weighted by molar-refractivity contribution is 7.92. The number of amides is 1. The molecule has 0 heterocycles. The van der Waals surface area contributed by atoms with Crippen molar-refractivity contribution in [1.29, 1.82) is 0 Å². The molecular formula is C17H20ClF3N2O3S. The highest BCUT2D eigenvalue weighted by Crippen LogP contribution is 2.44. The third-order valence-corrected chi connectivity index (χ3v) is 6.79. The van der Waals surface area contributed by atoms with Crippen molar-refractivity contribution in [2.45, 2.75) is 37.9 Å². The Morgan fingerprint density at radius 3 is 2.52 bits per heavy atom. The zero-order valence-corrected chi connectivity index (χ0v) is 16.2. The van der Waals surface area contributed by atoms with Crippen LogP contribution in [0.15, 0.2) is 18.2 Å². The number of benzene rings is 1. The van der Waals surface area contributed by atoms with Crippen molar-refractivity contribution in [2.75, 3.05) is 17.1 Å². The number of halogens is 4. The fourth-order valence-corrected chi connectivity index (χ4v) is 5.16. The van der Waals surface area contributed by atoms with Crippen LogP contribution in [0, 0.1) is 11.8 Å². The van der Waals surface area contributed by atoms with E-state index >= 15 is 0 Å². The van der Waals surface area contributed by atoms with Crippen LogP contribution < -0.4 is 9.62 Å². The van der Waals surface area contributed by atoms with Gasteiger partial charge in [-0.1, -0.05) is 18.0 Å². The molecule has 1 aromatic carbocycles. The number of nitrogens with zero attached hydrogens (tertiary/aromatic N) is 1. The minimum Gasteiger partial charge on any atom is -0.352 e. The molecule has 150 valence electrons. The molecule has 3 atom stereocenters. The second kappa shape index (κ2) is 7.16. The molecule has 1 N–H and O–H groups in total. The Hall–Kier alpha value is -1.48. The predicted octanol–water partition coefficient (Wildman–Crippen LogP) is 3.43. The standard InChI is InChI=1S/C17H20ClF3N2O3S/c1-27(25,26)23(12-4-5-14(18)13(8-12)17(19,20)21)9-16(24)22-15-7-10-2-3-11(15)6-10/h4-5,8,10-11,15H,2-3,6-7,9H2,1H3,(H,22,24)/t10-,11+,15-/m1/s1. The number of anilines is 1. The molecule has 0 unspecified atom stereocenters. The number of carbonyl (C=O) groups is 1. The van der Waals surface area contributed by atoms with Gasteiger partial charge in [0.25, 0.3) is 0 Å². The average Bonchev–Trinajstić information content (AvgIpc) is 3.14. The van der Waals surface area contributed by atoms with Crippen LogP contribution in [0.3, 0.4) is 0 Å². The van der Waals surface area contributed by atoms with E-state index < -0.39 is 39.2 Å². The molecular weight excluding hydrogens is 405 g/mol. The first kappa shape index (κ1) is 20.3. The molecule has 10 heteroatoms. The van der Waals surface area contributed by atoms with Gasteiger partial charge in [0, 0.05) is 6.04 Å². The van der Waals surface area contributed by atoms with Crippen molar-refractivity contribution in [2.24, 2.45) is 11.8 Å². The molecule has 3 rings (SSSR count). The van der Waals surface area contributed by atoms with Crippen LogP contribution in [-0.4, -0.2) is 33.2 Å². The Balaban J connectivity index is 1.80. The Morgan fingerprint density at radius 2 is 2.00 bits per heavy atom. The fourth-order valence-electron chi connectivity index (χ4n) is 4.09. The van der Waals surface area contributed by atoms with Gasteiger partial charge in [0.05, 0.1) is 22.5 Å². The second-order valence-corrected chi connectivity index (χ2v) is 9.59. The normalized spacial score (nSPS) is 24.9. The van der Waals surface area contributed by atoms with Crippen LogP contribution in [0.1, 0.15) is 31.2 Å². The molecule has 2 bridgehead atoms. The summed E-state index contributed by atoms with van der Waals surface area (Å²) in [5, 5.41) is 2.31. The Labute approximate surface area is 160 Å². The second-order valence-electron chi connectivity index (χ2n) is 7.28. The monoisotopic (exact) mass is 424 g/mol. The maximum Gasteiger partial charge on any atom is 0.417 e. The number of rotatable bonds is 5. The molecule has 0 radical (unpaired) electrons. The summed E-state index contributed by atoms with van der Waals surface area (Å²) in [5.74, 6) is 0.469. The molecule has 2 aliphatic rings. The van der Waals surface area contributed by atoms with Gasteiger partial charge >= 0.3 is 6.18 Å². The van der Waals surface area contributed by atoms with E-state index in [0.717, 1.165) is 44.1 Å². The SMILES string of the molecule is CS(=O)(=O)N(CC(=O)N[C@@H]1C[C@@H]2CC[C@H]1C2)c1ccc(Cl)c(C(F)(F)F)c1. The maximum atomic E-state index is 13.1. The van der Waals surface area contributed by atoms with Gasteiger partial charge in [-0.3, -0.25) is 9.10 Å². The highest BCUT2D eigenvalue weighted by atomic mass is 35.5. The first-order chi connectivity index (χ1) is 12.4. The molecule has 1 aromatic rings. The van der Waals surface area contributed by atoms with Gasteiger partial charge in [-0.05, 0) is 49.3 Å². The van der Waals surface area contributed by atoms with E-state index in [1.807, 2.05) is 0 Å². The molecule has 5 nitrogen and oxygen atoms in total. The van der Waals surface area contributed by atoms with Crippen LogP contribution in [0.25, 0.3) is 0 Å². The number of carbonyl (C=O) groups excluding carboxylic acids is 1. The average molecular weight is 425 g/mol. The summed E-state index contributed by atoms with van der Waals surface area (Å²) in [7, 11) is -3.97. The van der Waals surface area contributed by atoms with Gasteiger partial charge in [-0.25, -0.2) is 8.42 Å². The van der Waals surface area contributed by atoms with Crippen molar-refractivity contribution >= 4 is 33.2 Å². The van der Waals surface area contributed by atoms with Crippen molar-refractivity contribution in [3.05, 3.63) is 28.8 Å². The number of alkyl halides is 3. The Morgan fingerprint density at radius 1 is 1.30 bits per heavy atom. The zero-order valence-electron chi connectivity index (χ0n) is 14.6. The lowest BCUT2D eigenvalue weighted by Gasteiger charge is -2.26. The molecule has 0 spiro atoms. The van der Waals surface area contributed by atoms with Crippen molar-refractivity contribution in [1.82, 2.24) is 5.32 Å². The summed E-state index contributed by atoms with van der Waals surface area (Å²) in [6.45, 7) is -0.578. The van der Waals surface area contributed by atoms with Gasteiger partial charge in [0.15, 0.2) is 0 Å². The smallest absolute Gasteiger partial charge is 0.352 e. The molecule has 2 fully saturated rings. The third-order valence-electron chi connectivity index (χ3n) is 5.32. The summed E-state index contributed by atoms with van der Waals surface area (Å²) in [6, 6.07) is 2.79. The van der Waals surface area contributed by atoms with Crippen LogP contribution in [-0.2, 0) is 21.0 Å². The lowest BCUT2D eigenvalue weighted by molar-refractivity contribution is -0.137. The Bertz CT molecular complexity index is 844. The lowest BCUT2D eigenvalue weighted by Crippen LogP contribution is -2.45. The maximum absolute atomic E-state index is 13.1. The first-order valence-electron chi connectivity index (χ1n) is 8.59. The number of fused-ring (bicyclic) bond motifs is 2. The summed E-state index contributed by atoms with van der Waals surface area (Å²) in [5.41, 5.74) is -1.40. The van der Waals surface area contributed by atoms with Crippen LogP contribution in [0.4, 0.5) is 18.9 Å². The van der Waals surface area contributed by atoms with Gasteiger partial charge in [-0.2, -0.15) is 13.2 Å².